The van der Waals surface area contributed by atoms with Crippen molar-refractivity contribution in [2.75, 3.05) is 7.11 Å². The Hall–Kier alpha value is -1.31. The monoisotopic (exact) mass is 191 g/mol. The van der Waals surface area contributed by atoms with Gasteiger partial charge in [-0.3, -0.25) is 4.79 Å². The molecule has 1 rings (SSSR count). The summed E-state index contributed by atoms with van der Waals surface area (Å²) in [5.41, 5.74) is 1.60. The van der Waals surface area contributed by atoms with Gasteiger partial charge in [0.15, 0.2) is 0 Å². The van der Waals surface area contributed by atoms with Crippen molar-refractivity contribution in [3.8, 4) is 5.75 Å². The fraction of sp³-hybridized carbons (Fsp3) is 0.417. The minimum absolute atomic E-state index is 0.623. The van der Waals surface area contributed by atoms with E-state index in [1.165, 1.54) is 0 Å². The first-order chi connectivity index (χ1) is 6.83. The van der Waals surface area contributed by atoms with Gasteiger partial charge in [-0.15, -0.1) is 0 Å². The first kappa shape index (κ1) is 10.8. The maximum absolute atomic E-state index is 10.7. The van der Waals surface area contributed by atoms with Crippen LogP contribution in [0, 0.1) is 0 Å². The van der Waals surface area contributed by atoms with E-state index in [0.717, 1.165) is 30.6 Å². The molecule has 75 valence electrons. The predicted octanol–water partition coefficient (Wildman–Crippen LogP) is 2.50. The van der Waals surface area contributed by atoms with E-state index in [0.29, 0.717) is 5.56 Å². The van der Waals surface area contributed by atoms with Crippen molar-refractivity contribution in [1.82, 2.24) is 0 Å². The van der Waals surface area contributed by atoms with Crippen molar-refractivity contribution in [2.45, 2.75) is 26.2 Å². The fourth-order valence-electron chi connectivity index (χ4n) is 1.46. The summed E-state index contributed by atoms with van der Waals surface area (Å²) in [5.74, 6) is 0.791. The minimum atomic E-state index is 0.623. The third-order valence-corrected chi connectivity index (χ3v) is 2.24. The topological polar surface area (TPSA) is 26.3 Å². The SMILES string of the molecule is CCCCc1c([C]=O)cccc1OC. The maximum Gasteiger partial charge on any atom is 0.233 e. The molecule has 0 atom stereocenters. The van der Waals surface area contributed by atoms with Crippen LogP contribution < -0.4 is 4.74 Å². The second-order valence-corrected chi connectivity index (χ2v) is 3.19. The summed E-state index contributed by atoms with van der Waals surface area (Å²) in [4.78, 5) is 10.7. The zero-order chi connectivity index (χ0) is 10.4. The highest BCUT2D eigenvalue weighted by Crippen LogP contribution is 2.22. The van der Waals surface area contributed by atoms with Crippen molar-refractivity contribution < 1.29 is 9.53 Å². The van der Waals surface area contributed by atoms with E-state index in [1.807, 2.05) is 18.4 Å². The lowest BCUT2D eigenvalue weighted by Crippen LogP contribution is -1.97. The standard InChI is InChI=1S/C12H15O2/c1-3-4-7-11-10(9-13)6-5-8-12(11)14-2/h5-6,8H,3-4,7H2,1-2H3. The molecule has 0 aromatic heterocycles. The van der Waals surface area contributed by atoms with Gasteiger partial charge in [0.05, 0.1) is 7.11 Å². The van der Waals surface area contributed by atoms with Crippen LogP contribution in [-0.4, -0.2) is 13.4 Å². The Kier molecular flexibility index (Phi) is 4.17. The highest BCUT2D eigenvalue weighted by molar-refractivity contribution is 5.79. The van der Waals surface area contributed by atoms with Crippen LogP contribution in [0.4, 0.5) is 0 Å². The minimum Gasteiger partial charge on any atom is -0.496 e. The van der Waals surface area contributed by atoms with Crippen LogP contribution in [0.3, 0.4) is 0 Å². The number of hydrogen-bond acceptors (Lipinski definition) is 2. The maximum atomic E-state index is 10.7. The lowest BCUT2D eigenvalue weighted by atomic mass is 10.0. The number of rotatable bonds is 5. The lowest BCUT2D eigenvalue weighted by Gasteiger charge is -2.09. The molecule has 2 heteroatoms. The molecular formula is C12H15O2. The van der Waals surface area contributed by atoms with Gasteiger partial charge in [0, 0.05) is 11.1 Å². The number of hydrogen-bond donors (Lipinski definition) is 0. The summed E-state index contributed by atoms with van der Waals surface area (Å²) in [7, 11) is 1.62. The van der Waals surface area contributed by atoms with Gasteiger partial charge in [-0.2, -0.15) is 0 Å². The average molecular weight is 191 g/mol. The molecule has 0 heterocycles. The molecule has 14 heavy (non-hydrogen) atoms. The summed E-state index contributed by atoms with van der Waals surface area (Å²) in [6, 6.07) is 5.47. The van der Waals surface area contributed by atoms with Crippen LogP contribution in [0.1, 0.15) is 30.9 Å². The molecule has 0 unspecified atom stereocenters. The van der Waals surface area contributed by atoms with Crippen molar-refractivity contribution >= 4 is 6.29 Å². The number of carbonyl (C=O) groups excluding carboxylic acids is 1. The highest BCUT2D eigenvalue weighted by atomic mass is 16.5. The Labute approximate surface area is 84.9 Å². The highest BCUT2D eigenvalue weighted by Gasteiger charge is 2.07. The van der Waals surface area contributed by atoms with E-state index < -0.39 is 0 Å². The van der Waals surface area contributed by atoms with Crippen molar-refractivity contribution in [1.29, 1.82) is 0 Å². The zero-order valence-electron chi connectivity index (χ0n) is 8.67. The summed E-state index contributed by atoms with van der Waals surface area (Å²) in [6.45, 7) is 2.12. The Morgan fingerprint density at radius 1 is 1.43 bits per heavy atom. The first-order valence-electron chi connectivity index (χ1n) is 4.87. The second kappa shape index (κ2) is 5.43. The summed E-state index contributed by atoms with van der Waals surface area (Å²) >= 11 is 0. The van der Waals surface area contributed by atoms with E-state index in [4.69, 9.17) is 4.74 Å². The lowest BCUT2D eigenvalue weighted by molar-refractivity contribution is 0.408. The Bertz CT molecular complexity index is 305. The van der Waals surface area contributed by atoms with E-state index in [1.54, 1.807) is 13.2 Å². The molecule has 0 amide bonds. The Morgan fingerprint density at radius 2 is 2.21 bits per heavy atom. The number of benzene rings is 1. The zero-order valence-corrected chi connectivity index (χ0v) is 8.67. The van der Waals surface area contributed by atoms with Crippen LogP contribution in [0.2, 0.25) is 0 Å². The Balaban J connectivity index is 2.99. The number of ether oxygens (including phenoxy) is 1. The van der Waals surface area contributed by atoms with Crippen molar-refractivity contribution in [3.63, 3.8) is 0 Å². The molecular weight excluding hydrogens is 176 g/mol. The fourth-order valence-corrected chi connectivity index (χ4v) is 1.46. The molecule has 0 saturated heterocycles. The van der Waals surface area contributed by atoms with Gasteiger partial charge in [0.1, 0.15) is 5.75 Å². The molecule has 1 radical (unpaired) electrons. The third kappa shape index (κ3) is 2.34. The van der Waals surface area contributed by atoms with Gasteiger partial charge >= 0.3 is 0 Å². The van der Waals surface area contributed by atoms with Gasteiger partial charge in [0.2, 0.25) is 6.29 Å². The normalized spacial score (nSPS) is 9.86. The van der Waals surface area contributed by atoms with Crippen molar-refractivity contribution in [2.24, 2.45) is 0 Å². The Morgan fingerprint density at radius 3 is 2.79 bits per heavy atom. The molecule has 0 N–H and O–H groups in total. The molecule has 1 aromatic rings. The molecule has 1 aromatic carbocycles. The van der Waals surface area contributed by atoms with Gasteiger partial charge in [-0.1, -0.05) is 25.5 Å². The van der Waals surface area contributed by atoms with Crippen LogP contribution in [0.25, 0.3) is 0 Å². The third-order valence-electron chi connectivity index (χ3n) is 2.24. The quantitative estimate of drug-likeness (QED) is 0.714. The molecule has 0 spiro atoms. The first-order valence-corrected chi connectivity index (χ1v) is 4.87. The van der Waals surface area contributed by atoms with E-state index >= 15 is 0 Å². The molecule has 0 fully saturated rings. The van der Waals surface area contributed by atoms with E-state index in [-0.39, 0.29) is 0 Å². The van der Waals surface area contributed by atoms with E-state index in [2.05, 4.69) is 6.92 Å². The van der Waals surface area contributed by atoms with Gasteiger partial charge in [-0.05, 0) is 18.9 Å². The molecule has 0 bridgehead atoms. The van der Waals surface area contributed by atoms with Gasteiger partial charge < -0.3 is 4.74 Å². The van der Waals surface area contributed by atoms with Crippen LogP contribution >= 0.6 is 0 Å². The molecule has 0 aliphatic carbocycles. The summed E-state index contributed by atoms with van der Waals surface area (Å²) in [5, 5.41) is 0. The molecule has 2 nitrogen and oxygen atoms in total. The molecule has 0 aliphatic rings. The van der Waals surface area contributed by atoms with Crippen LogP contribution in [0.15, 0.2) is 18.2 Å². The number of methoxy groups -OCH3 is 1. The predicted molar refractivity (Wildman–Crippen MR) is 56.4 cm³/mol. The van der Waals surface area contributed by atoms with E-state index in [9.17, 15) is 4.79 Å². The van der Waals surface area contributed by atoms with Crippen LogP contribution in [0.5, 0.6) is 5.75 Å². The average Bonchev–Trinajstić information content (AvgIpc) is 2.25. The van der Waals surface area contributed by atoms with Crippen LogP contribution in [-0.2, 0) is 11.2 Å². The van der Waals surface area contributed by atoms with Gasteiger partial charge in [-0.25, -0.2) is 0 Å². The molecule has 0 aliphatic heterocycles. The summed E-state index contributed by atoms with van der Waals surface area (Å²) < 4.78 is 5.21. The summed E-state index contributed by atoms with van der Waals surface area (Å²) in [6.07, 6.45) is 5.00. The van der Waals surface area contributed by atoms with Gasteiger partial charge in [0.25, 0.3) is 0 Å². The number of unbranched alkanes of at least 4 members (excludes halogenated alkanes) is 1. The smallest absolute Gasteiger partial charge is 0.233 e. The second-order valence-electron chi connectivity index (χ2n) is 3.19. The largest absolute Gasteiger partial charge is 0.496 e. The molecule has 0 saturated carbocycles. The van der Waals surface area contributed by atoms with Crippen molar-refractivity contribution in [3.05, 3.63) is 29.3 Å².